The average Bonchev–Trinajstić information content (AvgIpc) is 3.39. The Bertz CT molecular complexity index is 1450. The lowest BCUT2D eigenvalue weighted by atomic mass is 10.1. The standard InChI is InChI=1S/C24H18F3N5S/c1-14-10-21-19(29-22(32(21)2)16-4-3-5-17(11-16)24(25,26)27)12-18(14)30-23-31-20(13-33-23)15-6-8-28-9-7-15/h3-13H,1-2H3,(H,30,31). The maximum absolute atomic E-state index is 13.2. The third-order valence-corrected chi connectivity index (χ3v) is 6.15. The van der Waals surface area contributed by atoms with Gasteiger partial charge in [-0.05, 0) is 48.9 Å². The first-order valence-electron chi connectivity index (χ1n) is 10.1. The fourth-order valence-corrected chi connectivity index (χ4v) is 4.40. The Morgan fingerprint density at radius 3 is 2.52 bits per heavy atom. The summed E-state index contributed by atoms with van der Waals surface area (Å²) in [5, 5.41) is 6.05. The number of pyridine rings is 1. The minimum Gasteiger partial charge on any atom is -0.331 e. The Morgan fingerprint density at radius 2 is 1.76 bits per heavy atom. The highest BCUT2D eigenvalue weighted by molar-refractivity contribution is 7.14. The number of rotatable bonds is 4. The lowest BCUT2D eigenvalue weighted by Gasteiger charge is -2.09. The van der Waals surface area contributed by atoms with Crippen molar-refractivity contribution >= 4 is 33.2 Å². The van der Waals surface area contributed by atoms with E-state index in [0.717, 1.165) is 45.3 Å². The van der Waals surface area contributed by atoms with Crippen LogP contribution >= 0.6 is 11.3 Å². The van der Waals surface area contributed by atoms with Crippen LogP contribution in [0.25, 0.3) is 33.7 Å². The number of halogens is 3. The highest BCUT2D eigenvalue weighted by atomic mass is 32.1. The number of nitrogens with one attached hydrogen (secondary N) is 1. The molecule has 0 saturated heterocycles. The summed E-state index contributed by atoms with van der Waals surface area (Å²) in [7, 11) is 1.80. The molecular weight excluding hydrogens is 447 g/mol. The van der Waals surface area contributed by atoms with Gasteiger partial charge >= 0.3 is 6.18 Å². The van der Waals surface area contributed by atoms with Crippen molar-refractivity contribution in [1.29, 1.82) is 0 Å². The molecule has 166 valence electrons. The number of hydrogen-bond donors (Lipinski definition) is 1. The van der Waals surface area contributed by atoms with Gasteiger partial charge in [0.2, 0.25) is 0 Å². The number of hydrogen-bond acceptors (Lipinski definition) is 5. The molecule has 9 heteroatoms. The van der Waals surface area contributed by atoms with Crippen LogP contribution in [0.5, 0.6) is 0 Å². The molecule has 5 aromatic rings. The van der Waals surface area contributed by atoms with Crippen molar-refractivity contribution in [3.63, 3.8) is 0 Å². The van der Waals surface area contributed by atoms with E-state index in [-0.39, 0.29) is 0 Å². The first-order chi connectivity index (χ1) is 15.8. The van der Waals surface area contributed by atoms with E-state index in [2.05, 4.69) is 20.3 Å². The third-order valence-electron chi connectivity index (χ3n) is 5.40. The summed E-state index contributed by atoms with van der Waals surface area (Å²) in [6.07, 6.45) is -0.955. The summed E-state index contributed by atoms with van der Waals surface area (Å²) < 4.78 is 41.3. The minimum atomic E-state index is -4.41. The van der Waals surface area contributed by atoms with Gasteiger partial charge in [-0.1, -0.05) is 12.1 Å². The van der Waals surface area contributed by atoms with E-state index in [4.69, 9.17) is 0 Å². The van der Waals surface area contributed by atoms with Gasteiger partial charge in [-0.3, -0.25) is 4.98 Å². The SMILES string of the molecule is Cc1cc2c(cc1Nc1nc(-c3ccncc3)cs1)nc(-c1cccc(C(F)(F)F)c1)n2C. The van der Waals surface area contributed by atoms with Crippen LogP contribution in [0, 0.1) is 6.92 Å². The van der Waals surface area contributed by atoms with E-state index in [1.54, 1.807) is 25.5 Å². The van der Waals surface area contributed by atoms with Crippen molar-refractivity contribution < 1.29 is 13.2 Å². The molecule has 33 heavy (non-hydrogen) atoms. The van der Waals surface area contributed by atoms with Crippen LogP contribution in [0.1, 0.15) is 11.1 Å². The summed E-state index contributed by atoms with van der Waals surface area (Å²) in [6, 6.07) is 12.9. The van der Waals surface area contributed by atoms with Crippen molar-refractivity contribution in [2.24, 2.45) is 7.05 Å². The lowest BCUT2D eigenvalue weighted by Crippen LogP contribution is -2.05. The summed E-state index contributed by atoms with van der Waals surface area (Å²) in [5.74, 6) is 0.474. The fraction of sp³-hybridized carbons (Fsp3) is 0.125. The zero-order chi connectivity index (χ0) is 23.2. The zero-order valence-corrected chi connectivity index (χ0v) is 18.5. The maximum Gasteiger partial charge on any atom is 0.416 e. The van der Waals surface area contributed by atoms with E-state index in [1.165, 1.54) is 17.4 Å². The largest absolute Gasteiger partial charge is 0.416 e. The van der Waals surface area contributed by atoms with Gasteiger partial charge in [0.25, 0.3) is 0 Å². The Kier molecular flexibility index (Phi) is 5.13. The normalized spacial score (nSPS) is 11.8. The van der Waals surface area contributed by atoms with E-state index in [1.807, 2.05) is 41.1 Å². The Morgan fingerprint density at radius 1 is 0.970 bits per heavy atom. The van der Waals surface area contributed by atoms with E-state index < -0.39 is 11.7 Å². The monoisotopic (exact) mass is 465 g/mol. The van der Waals surface area contributed by atoms with Gasteiger partial charge in [-0.25, -0.2) is 9.97 Å². The van der Waals surface area contributed by atoms with Crippen LogP contribution in [0.2, 0.25) is 0 Å². The van der Waals surface area contributed by atoms with Gasteiger partial charge in [0, 0.05) is 41.6 Å². The summed E-state index contributed by atoms with van der Waals surface area (Å²) >= 11 is 1.49. The summed E-state index contributed by atoms with van der Waals surface area (Å²) in [6.45, 7) is 1.97. The molecule has 3 aromatic heterocycles. The van der Waals surface area contributed by atoms with Gasteiger partial charge in [0.15, 0.2) is 5.13 Å². The van der Waals surface area contributed by atoms with Crippen molar-refractivity contribution in [2.75, 3.05) is 5.32 Å². The first-order valence-corrected chi connectivity index (χ1v) is 11.0. The smallest absolute Gasteiger partial charge is 0.331 e. The topological polar surface area (TPSA) is 55.6 Å². The molecule has 0 radical (unpaired) electrons. The van der Waals surface area contributed by atoms with Gasteiger partial charge < -0.3 is 9.88 Å². The van der Waals surface area contributed by atoms with E-state index in [0.29, 0.717) is 16.9 Å². The predicted molar refractivity (Wildman–Crippen MR) is 125 cm³/mol. The van der Waals surface area contributed by atoms with Crippen LogP contribution < -0.4 is 5.32 Å². The molecule has 2 aromatic carbocycles. The summed E-state index contributed by atoms with van der Waals surface area (Å²) in [5.41, 5.74) is 4.89. The van der Waals surface area contributed by atoms with Crippen LogP contribution in [0.15, 0.2) is 66.3 Å². The molecule has 0 bridgehead atoms. The molecule has 0 aliphatic rings. The molecule has 0 spiro atoms. The minimum absolute atomic E-state index is 0.414. The fourth-order valence-electron chi connectivity index (χ4n) is 3.67. The molecule has 3 heterocycles. The van der Waals surface area contributed by atoms with Crippen molar-refractivity contribution in [1.82, 2.24) is 19.5 Å². The Hall–Kier alpha value is -3.72. The molecule has 0 aliphatic carbocycles. The number of nitrogens with zero attached hydrogens (tertiary/aromatic N) is 4. The average molecular weight is 466 g/mol. The molecule has 0 saturated carbocycles. The van der Waals surface area contributed by atoms with E-state index >= 15 is 0 Å². The molecule has 5 nitrogen and oxygen atoms in total. The highest BCUT2D eigenvalue weighted by Gasteiger charge is 2.30. The molecule has 0 amide bonds. The molecule has 0 atom stereocenters. The summed E-state index contributed by atoms with van der Waals surface area (Å²) in [4.78, 5) is 13.3. The van der Waals surface area contributed by atoms with Gasteiger partial charge in [0.05, 0.1) is 22.3 Å². The molecular formula is C24H18F3N5S. The number of thiazole rings is 1. The molecule has 1 N–H and O–H groups in total. The highest BCUT2D eigenvalue weighted by Crippen LogP contribution is 2.34. The quantitative estimate of drug-likeness (QED) is 0.316. The molecule has 5 rings (SSSR count). The van der Waals surface area contributed by atoms with Crippen LogP contribution in [-0.2, 0) is 13.2 Å². The number of alkyl halides is 3. The van der Waals surface area contributed by atoms with Crippen molar-refractivity contribution in [2.45, 2.75) is 13.1 Å². The zero-order valence-electron chi connectivity index (χ0n) is 17.7. The number of benzene rings is 2. The number of aromatic nitrogens is 4. The second-order valence-electron chi connectivity index (χ2n) is 7.63. The number of anilines is 2. The van der Waals surface area contributed by atoms with Gasteiger partial charge in [-0.15, -0.1) is 11.3 Å². The van der Waals surface area contributed by atoms with Crippen LogP contribution in [-0.4, -0.2) is 19.5 Å². The third kappa shape index (κ3) is 4.07. The Labute approximate surface area is 191 Å². The van der Waals surface area contributed by atoms with Crippen molar-refractivity contribution in [3.05, 3.63) is 77.4 Å². The molecule has 0 fully saturated rings. The van der Waals surface area contributed by atoms with Gasteiger partial charge in [-0.2, -0.15) is 13.2 Å². The predicted octanol–water partition coefficient (Wildman–Crippen LogP) is 6.83. The second kappa shape index (κ2) is 8.00. The Balaban J connectivity index is 1.49. The number of imidazole rings is 1. The molecule has 0 aliphatic heterocycles. The number of fused-ring (bicyclic) bond motifs is 1. The van der Waals surface area contributed by atoms with Crippen LogP contribution in [0.4, 0.5) is 24.0 Å². The lowest BCUT2D eigenvalue weighted by molar-refractivity contribution is -0.137. The molecule has 0 unspecified atom stereocenters. The van der Waals surface area contributed by atoms with Crippen molar-refractivity contribution in [3.8, 4) is 22.6 Å². The van der Waals surface area contributed by atoms with E-state index in [9.17, 15) is 13.2 Å². The first kappa shape index (κ1) is 21.1. The van der Waals surface area contributed by atoms with Gasteiger partial charge in [0.1, 0.15) is 5.82 Å². The van der Waals surface area contributed by atoms with Crippen LogP contribution in [0.3, 0.4) is 0 Å². The number of aryl methyl sites for hydroxylation is 2. The maximum atomic E-state index is 13.2. The second-order valence-corrected chi connectivity index (χ2v) is 8.49.